The van der Waals surface area contributed by atoms with Gasteiger partial charge < -0.3 is 10.2 Å². The summed E-state index contributed by atoms with van der Waals surface area (Å²) < 4.78 is 0. The lowest BCUT2D eigenvalue weighted by atomic mass is 10.1. The lowest BCUT2D eigenvalue weighted by molar-refractivity contribution is 0.0656. The van der Waals surface area contributed by atoms with Crippen molar-refractivity contribution in [2.75, 3.05) is 29.9 Å². The molecule has 0 spiro atoms. The molecule has 2 aliphatic heterocycles. The minimum atomic E-state index is -0.349. The van der Waals surface area contributed by atoms with E-state index in [2.05, 4.69) is 10.2 Å². The van der Waals surface area contributed by atoms with Crippen LogP contribution in [0, 0.1) is 0 Å². The number of nitrogens with zero attached hydrogens (tertiary/aromatic N) is 2. The van der Waals surface area contributed by atoms with Crippen molar-refractivity contribution in [2.24, 2.45) is 0 Å². The zero-order chi connectivity index (χ0) is 22.8. The Kier molecular flexibility index (Phi) is 5.65. The van der Waals surface area contributed by atoms with Crippen LogP contribution in [0.25, 0.3) is 0 Å². The third kappa shape index (κ3) is 4.12. The number of amides is 3. The van der Waals surface area contributed by atoms with Crippen molar-refractivity contribution in [1.82, 2.24) is 4.90 Å². The van der Waals surface area contributed by atoms with Crippen molar-refractivity contribution in [3.05, 3.63) is 95.1 Å². The van der Waals surface area contributed by atoms with Crippen molar-refractivity contribution >= 4 is 29.1 Å². The second-order valence-corrected chi connectivity index (χ2v) is 8.42. The molecular formula is C27H25N3O3. The number of fused-ring (bicyclic) bond motifs is 1. The van der Waals surface area contributed by atoms with Crippen molar-refractivity contribution < 1.29 is 14.4 Å². The minimum absolute atomic E-state index is 0.286. The Hall–Kier alpha value is -3.93. The molecule has 3 aromatic rings. The summed E-state index contributed by atoms with van der Waals surface area (Å²) in [7, 11) is 0. The van der Waals surface area contributed by atoms with Crippen LogP contribution in [-0.4, -0.2) is 42.3 Å². The number of carbonyl (C=O) groups excluding carboxylic acids is 3. The van der Waals surface area contributed by atoms with E-state index in [1.54, 1.807) is 12.1 Å². The second kappa shape index (κ2) is 8.90. The molecule has 1 N–H and O–H groups in total. The molecule has 0 aromatic heterocycles. The van der Waals surface area contributed by atoms with E-state index >= 15 is 0 Å². The molecule has 6 heteroatoms. The van der Waals surface area contributed by atoms with Crippen LogP contribution in [0.15, 0.2) is 72.8 Å². The molecule has 0 saturated carbocycles. The quantitative estimate of drug-likeness (QED) is 0.579. The fourth-order valence-corrected chi connectivity index (χ4v) is 4.53. The number of carbonyl (C=O) groups is 3. The molecule has 0 atom stereocenters. The normalized spacial score (nSPS) is 15.2. The number of hydrogen-bond acceptors (Lipinski definition) is 4. The number of benzene rings is 3. The Morgan fingerprint density at radius 1 is 0.818 bits per heavy atom. The third-order valence-electron chi connectivity index (χ3n) is 6.30. The van der Waals surface area contributed by atoms with Crippen molar-refractivity contribution in [2.45, 2.75) is 19.3 Å². The van der Waals surface area contributed by atoms with Crippen LogP contribution in [0.3, 0.4) is 0 Å². The van der Waals surface area contributed by atoms with E-state index < -0.39 is 0 Å². The van der Waals surface area contributed by atoms with Crippen LogP contribution in [0.5, 0.6) is 0 Å². The Labute approximate surface area is 192 Å². The highest BCUT2D eigenvalue weighted by Gasteiger charge is 2.35. The Morgan fingerprint density at radius 2 is 1.52 bits per heavy atom. The first kappa shape index (κ1) is 20.9. The largest absolute Gasteiger partial charge is 0.370 e. The molecule has 0 bridgehead atoms. The van der Waals surface area contributed by atoms with E-state index in [4.69, 9.17) is 0 Å². The van der Waals surface area contributed by atoms with Crippen molar-refractivity contribution in [3.8, 4) is 0 Å². The molecular weight excluding hydrogens is 414 g/mol. The Balaban J connectivity index is 1.33. The minimum Gasteiger partial charge on any atom is -0.370 e. The van der Waals surface area contributed by atoms with Gasteiger partial charge in [0.1, 0.15) is 0 Å². The third-order valence-corrected chi connectivity index (χ3v) is 6.30. The predicted molar refractivity (Wildman–Crippen MR) is 128 cm³/mol. The van der Waals surface area contributed by atoms with Crippen LogP contribution < -0.4 is 10.2 Å². The van der Waals surface area contributed by atoms with Gasteiger partial charge in [0.05, 0.1) is 22.5 Å². The number of hydrogen-bond donors (Lipinski definition) is 1. The molecule has 1 saturated heterocycles. The van der Waals surface area contributed by atoms with Crippen molar-refractivity contribution in [3.63, 3.8) is 0 Å². The van der Waals surface area contributed by atoms with Crippen LogP contribution in [0.1, 0.15) is 49.5 Å². The van der Waals surface area contributed by atoms with Crippen LogP contribution in [0.2, 0.25) is 0 Å². The number of rotatable bonds is 6. The lowest BCUT2D eigenvalue weighted by Gasteiger charge is -2.21. The summed E-state index contributed by atoms with van der Waals surface area (Å²) in [5.41, 5.74) is 3.80. The van der Waals surface area contributed by atoms with E-state index in [1.807, 2.05) is 54.6 Å². The SMILES string of the molecule is O=C(Nc1ccccc1N1CCCC1)c1ccc2c(c1)C(=O)N(CCc1ccccc1)C2=O. The molecule has 166 valence electrons. The average Bonchev–Trinajstić information content (AvgIpc) is 3.46. The smallest absolute Gasteiger partial charge is 0.261 e. The van der Waals surface area contributed by atoms with Crippen LogP contribution >= 0.6 is 0 Å². The van der Waals surface area contributed by atoms with E-state index in [-0.39, 0.29) is 23.3 Å². The molecule has 0 aliphatic carbocycles. The van der Waals surface area contributed by atoms with Crippen molar-refractivity contribution in [1.29, 1.82) is 0 Å². The highest BCUT2D eigenvalue weighted by molar-refractivity contribution is 6.22. The summed E-state index contributed by atoms with van der Waals surface area (Å²) in [6.45, 7) is 2.25. The Bertz CT molecular complexity index is 1220. The van der Waals surface area contributed by atoms with Crippen LogP contribution in [0.4, 0.5) is 11.4 Å². The summed E-state index contributed by atoms with van der Waals surface area (Å²) in [5, 5.41) is 2.99. The summed E-state index contributed by atoms with van der Waals surface area (Å²) >= 11 is 0. The van der Waals surface area contributed by atoms with Gasteiger partial charge in [0.2, 0.25) is 0 Å². The van der Waals surface area contributed by atoms with E-state index in [1.165, 1.54) is 11.0 Å². The average molecular weight is 440 g/mol. The molecule has 6 nitrogen and oxygen atoms in total. The predicted octanol–water partition coefficient (Wildman–Crippen LogP) is 4.38. The molecule has 3 amide bonds. The number of imide groups is 1. The van der Waals surface area contributed by atoms with E-state index in [0.717, 1.165) is 42.9 Å². The summed E-state index contributed by atoms with van der Waals surface area (Å²) in [5.74, 6) is -0.956. The molecule has 0 radical (unpaired) electrons. The fraction of sp³-hybridized carbons (Fsp3) is 0.222. The van der Waals surface area contributed by atoms with Gasteiger partial charge in [-0.2, -0.15) is 0 Å². The molecule has 2 heterocycles. The maximum atomic E-state index is 13.0. The standard InChI is InChI=1S/C27H25N3O3/c31-25(28-23-10-4-5-11-24(23)29-15-6-7-16-29)20-12-13-21-22(18-20)27(33)30(26(21)32)17-14-19-8-2-1-3-9-19/h1-5,8-13,18H,6-7,14-17H2,(H,28,31). The molecule has 0 unspecified atom stereocenters. The first-order valence-electron chi connectivity index (χ1n) is 11.3. The zero-order valence-corrected chi connectivity index (χ0v) is 18.3. The lowest BCUT2D eigenvalue weighted by Crippen LogP contribution is -2.31. The number of anilines is 2. The topological polar surface area (TPSA) is 69.7 Å². The maximum Gasteiger partial charge on any atom is 0.261 e. The molecule has 2 aliphatic rings. The molecule has 5 rings (SSSR count). The first-order chi connectivity index (χ1) is 16.1. The molecule has 33 heavy (non-hydrogen) atoms. The summed E-state index contributed by atoms with van der Waals surface area (Å²) in [6, 6.07) is 22.2. The number of para-hydroxylation sites is 2. The molecule has 3 aromatic carbocycles. The maximum absolute atomic E-state index is 13.0. The number of nitrogens with one attached hydrogen (secondary N) is 1. The van der Waals surface area contributed by atoms with Gasteiger partial charge in [-0.3, -0.25) is 19.3 Å². The molecule has 1 fully saturated rings. The highest BCUT2D eigenvalue weighted by atomic mass is 16.2. The monoisotopic (exact) mass is 439 g/mol. The van der Waals surface area contributed by atoms with Gasteiger partial charge in [-0.05, 0) is 55.2 Å². The second-order valence-electron chi connectivity index (χ2n) is 8.42. The summed E-state index contributed by atoms with van der Waals surface area (Å²) in [6.07, 6.45) is 2.88. The van der Waals surface area contributed by atoms with Gasteiger partial charge in [0, 0.05) is 25.2 Å². The van der Waals surface area contributed by atoms with Gasteiger partial charge in [-0.25, -0.2) is 0 Å². The summed E-state index contributed by atoms with van der Waals surface area (Å²) in [4.78, 5) is 42.3. The van der Waals surface area contributed by atoms with E-state index in [9.17, 15) is 14.4 Å². The zero-order valence-electron chi connectivity index (χ0n) is 18.3. The fourth-order valence-electron chi connectivity index (χ4n) is 4.53. The van der Waals surface area contributed by atoms with Gasteiger partial charge in [-0.1, -0.05) is 42.5 Å². The highest BCUT2D eigenvalue weighted by Crippen LogP contribution is 2.30. The van der Waals surface area contributed by atoms with Gasteiger partial charge in [0.25, 0.3) is 17.7 Å². The Morgan fingerprint density at radius 3 is 2.30 bits per heavy atom. The van der Waals surface area contributed by atoms with E-state index in [0.29, 0.717) is 24.1 Å². The van der Waals surface area contributed by atoms with Crippen LogP contribution in [-0.2, 0) is 6.42 Å². The first-order valence-corrected chi connectivity index (χ1v) is 11.3. The van der Waals surface area contributed by atoms with Gasteiger partial charge in [0.15, 0.2) is 0 Å². The van der Waals surface area contributed by atoms with Gasteiger partial charge >= 0.3 is 0 Å². The van der Waals surface area contributed by atoms with Gasteiger partial charge in [-0.15, -0.1) is 0 Å².